The molecule has 8 heteroatoms. The number of nitro benzene ring substituents is 1. The molecule has 2 atom stereocenters. The van der Waals surface area contributed by atoms with E-state index in [1.807, 2.05) is 30.3 Å². The number of benzene rings is 2. The van der Waals surface area contributed by atoms with Crippen LogP contribution in [0.3, 0.4) is 0 Å². The molecule has 3 aromatic rings. The Morgan fingerprint density at radius 3 is 2.67 bits per heavy atom. The zero-order chi connectivity index (χ0) is 21.3. The second-order valence-electron chi connectivity index (χ2n) is 7.01. The van der Waals surface area contributed by atoms with Crippen molar-refractivity contribution in [1.29, 1.82) is 0 Å². The maximum Gasteiger partial charge on any atom is 0.315 e. The van der Waals surface area contributed by atoms with Gasteiger partial charge in [0.1, 0.15) is 5.92 Å². The zero-order valence-corrected chi connectivity index (χ0v) is 16.5. The zero-order valence-electron chi connectivity index (χ0n) is 16.5. The van der Waals surface area contributed by atoms with Crippen LogP contribution < -0.4 is 0 Å². The molecular weight excluding hydrogens is 384 g/mol. The van der Waals surface area contributed by atoms with E-state index in [1.54, 1.807) is 26.0 Å². The number of esters is 1. The topological polar surface area (TPSA) is 110 Å². The number of carbonyl (C=O) groups is 1. The lowest BCUT2D eigenvalue weighted by Crippen LogP contribution is -2.33. The number of aliphatic imine (C=N–C) groups is 1. The molecule has 0 aliphatic carbocycles. The van der Waals surface area contributed by atoms with Crippen LogP contribution in [0.25, 0.3) is 11.3 Å². The molecule has 2 heterocycles. The van der Waals surface area contributed by atoms with Gasteiger partial charge in [0, 0.05) is 29.3 Å². The average molecular weight is 404 g/mol. The van der Waals surface area contributed by atoms with E-state index in [2.05, 4.69) is 15.2 Å². The highest BCUT2D eigenvalue weighted by Gasteiger charge is 2.42. The van der Waals surface area contributed by atoms with Gasteiger partial charge in [-0.2, -0.15) is 5.10 Å². The molecule has 0 radical (unpaired) electrons. The maximum atomic E-state index is 12.9. The smallest absolute Gasteiger partial charge is 0.315 e. The molecule has 4 rings (SSSR count). The first-order valence-corrected chi connectivity index (χ1v) is 9.61. The molecule has 0 fully saturated rings. The van der Waals surface area contributed by atoms with E-state index in [0.717, 1.165) is 16.8 Å². The third-order valence-corrected chi connectivity index (χ3v) is 5.20. The fraction of sp³-hybridized carbons (Fsp3) is 0.227. The Balaban J connectivity index is 1.95. The van der Waals surface area contributed by atoms with Crippen molar-refractivity contribution < 1.29 is 14.5 Å². The van der Waals surface area contributed by atoms with Gasteiger partial charge in [0.2, 0.25) is 0 Å². The van der Waals surface area contributed by atoms with Crippen LogP contribution in [0.2, 0.25) is 0 Å². The Kier molecular flexibility index (Phi) is 5.14. The molecule has 0 saturated carbocycles. The number of aromatic amines is 1. The lowest BCUT2D eigenvalue weighted by Gasteiger charge is -2.29. The standard InChI is InChI=1S/C22H20N4O4/c1-3-30-22(27)17-13(2)23-21-19(20(24-25-21)14-8-5-4-6-9-14)18(17)15-10-7-11-16(12-15)26(28)29/h4-12,17-18H,3H2,1-2H3,(H,24,25). The van der Waals surface area contributed by atoms with Gasteiger partial charge in [-0.25, -0.2) is 4.99 Å². The van der Waals surface area contributed by atoms with Gasteiger partial charge < -0.3 is 4.74 Å². The number of H-pyrrole nitrogens is 1. The summed E-state index contributed by atoms with van der Waals surface area (Å²) in [6.07, 6.45) is 0. The van der Waals surface area contributed by atoms with E-state index in [0.29, 0.717) is 17.1 Å². The summed E-state index contributed by atoms with van der Waals surface area (Å²) in [7, 11) is 0. The van der Waals surface area contributed by atoms with E-state index in [-0.39, 0.29) is 12.3 Å². The molecule has 8 nitrogen and oxygen atoms in total. The van der Waals surface area contributed by atoms with Crippen molar-refractivity contribution in [2.24, 2.45) is 10.9 Å². The molecule has 1 aliphatic rings. The van der Waals surface area contributed by atoms with Crippen LogP contribution in [0.4, 0.5) is 11.5 Å². The molecule has 0 amide bonds. The number of hydrogen-bond acceptors (Lipinski definition) is 6. The summed E-state index contributed by atoms with van der Waals surface area (Å²) in [5, 5.41) is 18.8. The number of non-ortho nitro benzene ring substituents is 1. The predicted octanol–water partition coefficient (Wildman–Crippen LogP) is 4.40. The second kappa shape index (κ2) is 7.90. The molecule has 1 aliphatic heterocycles. The number of nitro groups is 1. The van der Waals surface area contributed by atoms with Crippen LogP contribution in [-0.4, -0.2) is 33.4 Å². The van der Waals surface area contributed by atoms with Gasteiger partial charge in [-0.3, -0.25) is 20.0 Å². The van der Waals surface area contributed by atoms with Gasteiger partial charge in [0.25, 0.3) is 5.69 Å². The Bertz CT molecular complexity index is 1140. The third kappa shape index (κ3) is 3.36. The molecule has 152 valence electrons. The molecule has 2 unspecified atom stereocenters. The second-order valence-corrected chi connectivity index (χ2v) is 7.01. The molecule has 2 aromatic carbocycles. The van der Waals surface area contributed by atoms with Crippen molar-refractivity contribution in [1.82, 2.24) is 10.2 Å². The fourth-order valence-electron chi connectivity index (χ4n) is 3.92. The monoisotopic (exact) mass is 404 g/mol. The highest BCUT2D eigenvalue weighted by Crippen LogP contribution is 2.46. The highest BCUT2D eigenvalue weighted by atomic mass is 16.6. The Morgan fingerprint density at radius 1 is 1.20 bits per heavy atom. The first-order chi connectivity index (χ1) is 14.5. The fourth-order valence-corrected chi connectivity index (χ4v) is 3.92. The lowest BCUT2D eigenvalue weighted by atomic mass is 9.76. The van der Waals surface area contributed by atoms with Gasteiger partial charge in [0.15, 0.2) is 5.82 Å². The number of rotatable bonds is 5. The van der Waals surface area contributed by atoms with E-state index in [9.17, 15) is 14.9 Å². The summed E-state index contributed by atoms with van der Waals surface area (Å²) in [6, 6.07) is 15.9. The van der Waals surface area contributed by atoms with Gasteiger partial charge >= 0.3 is 5.97 Å². The Labute approximate surface area is 172 Å². The van der Waals surface area contributed by atoms with Crippen molar-refractivity contribution in [3.8, 4) is 11.3 Å². The van der Waals surface area contributed by atoms with Crippen molar-refractivity contribution >= 4 is 23.2 Å². The summed E-state index contributed by atoms with van der Waals surface area (Å²) in [4.78, 5) is 28.4. The van der Waals surface area contributed by atoms with E-state index >= 15 is 0 Å². The first-order valence-electron chi connectivity index (χ1n) is 9.61. The van der Waals surface area contributed by atoms with Crippen molar-refractivity contribution in [2.75, 3.05) is 6.61 Å². The molecule has 1 N–H and O–H groups in total. The van der Waals surface area contributed by atoms with Crippen LogP contribution in [-0.2, 0) is 9.53 Å². The van der Waals surface area contributed by atoms with Crippen LogP contribution in [0, 0.1) is 16.0 Å². The number of carbonyl (C=O) groups excluding carboxylic acids is 1. The minimum absolute atomic E-state index is 0.0402. The maximum absolute atomic E-state index is 12.9. The summed E-state index contributed by atoms with van der Waals surface area (Å²) in [5.41, 5.74) is 3.50. The third-order valence-electron chi connectivity index (χ3n) is 5.20. The molecule has 1 aromatic heterocycles. The summed E-state index contributed by atoms with van der Waals surface area (Å²) >= 11 is 0. The quantitative estimate of drug-likeness (QED) is 0.385. The first kappa shape index (κ1) is 19.5. The van der Waals surface area contributed by atoms with E-state index in [1.165, 1.54) is 12.1 Å². The van der Waals surface area contributed by atoms with Crippen LogP contribution in [0.5, 0.6) is 0 Å². The number of hydrogen-bond donors (Lipinski definition) is 1. The number of aromatic nitrogens is 2. The van der Waals surface area contributed by atoms with Crippen molar-refractivity contribution in [3.05, 3.63) is 75.8 Å². The number of nitrogens with zero attached hydrogens (tertiary/aromatic N) is 3. The normalized spacial score (nSPS) is 17.7. The molecule has 0 spiro atoms. The van der Waals surface area contributed by atoms with E-state index < -0.39 is 22.7 Å². The summed E-state index contributed by atoms with van der Waals surface area (Å²) < 4.78 is 5.33. The Hall–Kier alpha value is -3.81. The molecule has 0 bridgehead atoms. The van der Waals surface area contributed by atoms with E-state index in [4.69, 9.17) is 4.74 Å². The van der Waals surface area contributed by atoms with Gasteiger partial charge in [-0.05, 0) is 25.0 Å². The van der Waals surface area contributed by atoms with Crippen LogP contribution in [0.1, 0.15) is 30.9 Å². The molecule has 0 saturated heterocycles. The minimum Gasteiger partial charge on any atom is -0.465 e. The van der Waals surface area contributed by atoms with Gasteiger partial charge in [0.05, 0.1) is 17.2 Å². The highest BCUT2D eigenvalue weighted by molar-refractivity contribution is 6.05. The minimum atomic E-state index is -0.709. The van der Waals surface area contributed by atoms with Crippen molar-refractivity contribution in [2.45, 2.75) is 19.8 Å². The number of nitrogens with one attached hydrogen (secondary N) is 1. The predicted molar refractivity (Wildman–Crippen MR) is 112 cm³/mol. The van der Waals surface area contributed by atoms with Crippen LogP contribution in [0.15, 0.2) is 59.6 Å². The van der Waals surface area contributed by atoms with Crippen molar-refractivity contribution in [3.63, 3.8) is 0 Å². The van der Waals surface area contributed by atoms with Gasteiger partial charge in [-0.15, -0.1) is 0 Å². The molecular formula is C22H20N4O4. The SMILES string of the molecule is CCOC(=O)C1C(C)=Nc2n[nH]c(-c3ccccc3)c2C1c1cccc([N+](=O)[O-])c1. The largest absolute Gasteiger partial charge is 0.465 e. The Morgan fingerprint density at radius 2 is 1.97 bits per heavy atom. The van der Waals surface area contributed by atoms with Gasteiger partial charge in [-0.1, -0.05) is 42.5 Å². The molecule has 30 heavy (non-hydrogen) atoms. The van der Waals surface area contributed by atoms with Crippen LogP contribution >= 0.6 is 0 Å². The summed E-state index contributed by atoms with van der Waals surface area (Å²) in [6.45, 7) is 3.73. The summed E-state index contributed by atoms with van der Waals surface area (Å²) in [5.74, 6) is -1.17. The lowest BCUT2D eigenvalue weighted by molar-refractivity contribution is -0.384. The number of fused-ring (bicyclic) bond motifs is 1. The number of ether oxygens (including phenoxy) is 1. The average Bonchev–Trinajstić information content (AvgIpc) is 3.17.